The molecule has 1 aromatic carbocycles. The van der Waals surface area contributed by atoms with Crippen LogP contribution in [0.25, 0.3) is 0 Å². The molecule has 1 rings (SSSR count). The van der Waals surface area contributed by atoms with Crippen LogP contribution >= 0.6 is 0 Å². The summed E-state index contributed by atoms with van der Waals surface area (Å²) in [6.45, 7) is 0. The van der Waals surface area contributed by atoms with Gasteiger partial charge in [-0.1, -0.05) is 35.5 Å². The number of alkyl halides is 7. The normalized spacial score (nSPS) is 14.6. The molecule has 0 radical (unpaired) electrons. The van der Waals surface area contributed by atoms with Gasteiger partial charge in [-0.2, -0.15) is 30.7 Å². The maximum atomic E-state index is 13.3. The summed E-state index contributed by atoms with van der Waals surface area (Å²) in [5.74, 6) is -12.1. The van der Waals surface area contributed by atoms with E-state index in [0.717, 1.165) is 24.3 Å². The largest absolute Gasteiger partial charge is 0.460 e. The molecule has 1 N–H and O–H groups in total. The van der Waals surface area contributed by atoms with Crippen molar-refractivity contribution in [2.75, 3.05) is 0 Å². The van der Waals surface area contributed by atoms with Gasteiger partial charge in [0.2, 0.25) is 0 Å². The van der Waals surface area contributed by atoms with Crippen LogP contribution in [-0.2, 0) is 0 Å². The van der Waals surface area contributed by atoms with Crippen LogP contribution in [0.5, 0.6) is 0 Å². The molecule has 106 valence electrons. The first-order valence-corrected chi connectivity index (χ1v) is 4.66. The Morgan fingerprint density at radius 1 is 0.895 bits per heavy atom. The first kappa shape index (κ1) is 15.3. The molecule has 0 fully saturated rings. The Morgan fingerprint density at radius 2 is 1.37 bits per heavy atom. The van der Waals surface area contributed by atoms with Crippen molar-refractivity contribution in [1.82, 2.24) is 0 Å². The van der Waals surface area contributed by atoms with E-state index < -0.39 is 29.3 Å². The summed E-state index contributed by atoms with van der Waals surface area (Å²) in [5.41, 5.74) is -2.81. The van der Waals surface area contributed by atoms with Crippen molar-refractivity contribution in [2.45, 2.75) is 18.0 Å². The van der Waals surface area contributed by atoms with E-state index in [0.29, 0.717) is 0 Å². The van der Waals surface area contributed by atoms with Gasteiger partial charge in [0, 0.05) is 5.56 Å². The highest BCUT2D eigenvalue weighted by Crippen LogP contribution is 2.47. The molecule has 0 saturated heterocycles. The van der Waals surface area contributed by atoms with Gasteiger partial charge in [0.15, 0.2) is 5.71 Å². The molecule has 0 amide bonds. The number of oxime groups is 1. The third kappa shape index (κ3) is 2.49. The molecular formula is C10H6F7NO. The van der Waals surface area contributed by atoms with Crippen molar-refractivity contribution in [3.05, 3.63) is 35.9 Å². The zero-order valence-corrected chi connectivity index (χ0v) is 8.93. The van der Waals surface area contributed by atoms with Crippen molar-refractivity contribution in [3.63, 3.8) is 0 Å². The van der Waals surface area contributed by atoms with E-state index in [1.807, 2.05) is 5.16 Å². The highest BCUT2D eigenvalue weighted by molar-refractivity contribution is 6.06. The van der Waals surface area contributed by atoms with Gasteiger partial charge in [-0.05, 0) is 0 Å². The SMILES string of the molecule is ON=C(c1ccccc1)C(F)(F)C(F)(F)C(F)(F)F. The van der Waals surface area contributed by atoms with E-state index in [9.17, 15) is 30.7 Å². The molecule has 0 aliphatic carbocycles. The average molecular weight is 289 g/mol. The van der Waals surface area contributed by atoms with Crippen molar-refractivity contribution in [3.8, 4) is 0 Å². The van der Waals surface area contributed by atoms with Gasteiger partial charge in [-0.3, -0.25) is 0 Å². The number of hydrogen-bond donors (Lipinski definition) is 1. The minimum atomic E-state index is -6.48. The first-order chi connectivity index (χ1) is 8.55. The molecule has 0 unspecified atom stereocenters. The summed E-state index contributed by atoms with van der Waals surface area (Å²) in [7, 11) is 0. The fourth-order valence-electron chi connectivity index (χ4n) is 1.22. The van der Waals surface area contributed by atoms with Crippen molar-refractivity contribution >= 4 is 5.71 Å². The van der Waals surface area contributed by atoms with Gasteiger partial charge in [0.25, 0.3) is 0 Å². The lowest BCUT2D eigenvalue weighted by molar-refractivity contribution is -0.336. The Kier molecular flexibility index (Phi) is 3.78. The summed E-state index contributed by atoms with van der Waals surface area (Å²) in [6.07, 6.45) is -6.48. The van der Waals surface area contributed by atoms with Gasteiger partial charge in [-0.25, -0.2) is 0 Å². The summed E-state index contributed by atoms with van der Waals surface area (Å²) >= 11 is 0. The summed E-state index contributed by atoms with van der Waals surface area (Å²) < 4.78 is 88.0. The topological polar surface area (TPSA) is 32.6 Å². The number of halogens is 7. The maximum Gasteiger partial charge on any atom is 0.460 e. The fraction of sp³-hybridized carbons (Fsp3) is 0.300. The molecule has 0 spiro atoms. The second kappa shape index (κ2) is 4.71. The highest BCUT2D eigenvalue weighted by Gasteiger charge is 2.75. The van der Waals surface area contributed by atoms with Crippen LogP contribution in [0, 0.1) is 0 Å². The summed E-state index contributed by atoms with van der Waals surface area (Å²) in [5, 5.41) is 10.2. The Hall–Kier alpha value is -1.80. The zero-order chi connectivity index (χ0) is 14.9. The predicted molar refractivity (Wildman–Crippen MR) is 50.7 cm³/mol. The van der Waals surface area contributed by atoms with Crippen molar-refractivity contribution in [2.24, 2.45) is 5.16 Å². The third-order valence-electron chi connectivity index (χ3n) is 2.19. The Balaban J connectivity index is 3.33. The van der Waals surface area contributed by atoms with E-state index in [-0.39, 0.29) is 0 Å². The first-order valence-electron chi connectivity index (χ1n) is 4.66. The Labute approximate surface area is 102 Å². The molecular weight excluding hydrogens is 283 g/mol. The molecule has 0 aliphatic rings. The van der Waals surface area contributed by atoms with Crippen LogP contribution in [0.3, 0.4) is 0 Å². The average Bonchev–Trinajstić information content (AvgIpc) is 2.29. The number of benzene rings is 1. The monoisotopic (exact) mass is 289 g/mol. The standard InChI is InChI=1S/C10H6F7NO/c11-8(12,9(13,14)10(15,16)17)7(18-19)6-4-2-1-3-5-6/h1-5,19H. The maximum absolute atomic E-state index is 13.3. The molecule has 0 heterocycles. The van der Waals surface area contributed by atoms with Crippen LogP contribution < -0.4 is 0 Å². The number of hydrogen-bond acceptors (Lipinski definition) is 2. The summed E-state index contributed by atoms with van der Waals surface area (Å²) in [4.78, 5) is 0. The lowest BCUT2D eigenvalue weighted by atomic mass is 9.99. The number of nitrogens with zero attached hydrogens (tertiary/aromatic N) is 1. The molecule has 2 nitrogen and oxygen atoms in total. The van der Waals surface area contributed by atoms with E-state index in [4.69, 9.17) is 5.21 Å². The molecule has 0 aromatic heterocycles. The predicted octanol–water partition coefficient (Wildman–Crippen LogP) is 3.70. The van der Waals surface area contributed by atoms with E-state index >= 15 is 0 Å². The summed E-state index contributed by atoms with van der Waals surface area (Å²) in [6, 6.07) is 5.17. The smallest absolute Gasteiger partial charge is 0.410 e. The highest BCUT2D eigenvalue weighted by atomic mass is 19.4. The molecule has 9 heteroatoms. The molecule has 1 aromatic rings. The van der Waals surface area contributed by atoms with Crippen LogP contribution in [-0.4, -0.2) is 28.9 Å². The minimum Gasteiger partial charge on any atom is -0.410 e. The molecule has 0 aliphatic heterocycles. The van der Waals surface area contributed by atoms with Crippen molar-refractivity contribution < 1.29 is 35.9 Å². The Bertz CT molecular complexity index is 467. The fourth-order valence-corrected chi connectivity index (χ4v) is 1.22. The molecule has 0 saturated carbocycles. The van der Waals surface area contributed by atoms with Gasteiger partial charge in [-0.15, -0.1) is 0 Å². The second-order valence-electron chi connectivity index (χ2n) is 3.46. The quantitative estimate of drug-likeness (QED) is 0.391. The Morgan fingerprint density at radius 3 is 1.74 bits per heavy atom. The van der Waals surface area contributed by atoms with E-state index in [1.165, 1.54) is 6.07 Å². The minimum absolute atomic E-state index is 0.751. The van der Waals surface area contributed by atoms with Crippen molar-refractivity contribution in [1.29, 1.82) is 0 Å². The van der Waals surface area contributed by atoms with Gasteiger partial charge in [0.1, 0.15) is 0 Å². The molecule has 19 heavy (non-hydrogen) atoms. The van der Waals surface area contributed by atoms with Gasteiger partial charge >= 0.3 is 18.0 Å². The molecule has 0 bridgehead atoms. The van der Waals surface area contributed by atoms with Crippen LogP contribution in [0.1, 0.15) is 5.56 Å². The van der Waals surface area contributed by atoms with Crippen LogP contribution in [0.15, 0.2) is 35.5 Å². The van der Waals surface area contributed by atoms with Crippen LogP contribution in [0.2, 0.25) is 0 Å². The molecule has 0 atom stereocenters. The van der Waals surface area contributed by atoms with Crippen LogP contribution in [0.4, 0.5) is 30.7 Å². The van der Waals surface area contributed by atoms with Gasteiger partial charge < -0.3 is 5.21 Å². The lowest BCUT2D eigenvalue weighted by Gasteiger charge is -2.28. The third-order valence-corrected chi connectivity index (χ3v) is 2.19. The van der Waals surface area contributed by atoms with E-state index in [1.54, 1.807) is 0 Å². The second-order valence-corrected chi connectivity index (χ2v) is 3.46. The zero-order valence-electron chi connectivity index (χ0n) is 8.93. The lowest BCUT2D eigenvalue weighted by Crippen LogP contribution is -2.56. The number of rotatable bonds is 3. The van der Waals surface area contributed by atoms with Gasteiger partial charge in [0.05, 0.1) is 0 Å². The van der Waals surface area contributed by atoms with E-state index in [2.05, 4.69) is 0 Å².